The molecule has 8 unspecified atom stereocenters. The topological polar surface area (TPSA) is 175 Å². The van der Waals surface area contributed by atoms with Crippen LogP contribution in [0.2, 0.25) is 0 Å². The lowest BCUT2D eigenvalue weighted by atomic mass is 9.99. The van der Waals surface area contributed by atoms with Crippen molar-refractivity contribution in [1.29, 1.82) is 0 Å². The van der Waals surface area contributed by atoms with Gasteiger partial charge in [-0.2, -0.15) is 0 Å². The van der Waals surface area contributed by atoms with E-state index in [0.717, 1.165) is 109 Å². The molecule has 1 rings (SSSR count). The highest BCUT2D eigenvalue weighted by Crippen LogP contribution is 2.26. The van der Waals surface area contributed by atoms with Gasteiger partial charge in [-0.05, 0) is 109 Å². The molecule has 0 aromatic carbocycles. The number of hydrogen-bond donors (Lipinski definition) is 6. The standard InChI is InChI=1S/C73H127NO10/c1-4-7-10-13-16-19-22-25-27-29-31-33-35-36-38-40-42-45-48-51-54-57-60-66(77)72(81)74-64(65(76)59-56-53-50-47-44-24-21-18-15-12-9-6-3)63-82-73-71(70(80)69(79)67(62-75)83-73)84-68(78)61-58-55-52-49-46-43-41-39-37-34-32-30-28-26-23-20-17-14-11-8-5-2/h16-17,19-20,25-28,31-34,39,41,56,59,64-67,69-71,73,75-77,79-80H,4-15,18,21-24,29-30,35-38,40,42-55,57-58,60-63H2,1-3H3,(H,74,81)/b19-16-,20-17-,27-25-,28-26-,33-31-,34-32-,41-39-,59-56+. The summed E-state index contributed by atoms with van der Waals surface area (Å²) in [6.45, 7) is 5.74. The van der Waals surface area contributed by atoms with Crippen molar-refractivity contribution >= 4 is 11.9 Å². The second-order valence-corrected chi connectivity index (χ2v) is 23.6. The number of hydrogen-bond acceptors (Lipinski definition) is 10. The van der Waals surface area contributed by atoms with Crippen LogP contribution in [0.25, 0.3) is 0 Å². The largest absolute Gasteiger partial charge is 0.454 e. The van der Waals surface area contributed by atoms with Gasteiger partial charge in [-0.25, -0.2) is 0 Å². The maximum Gasteiger partial charge on any atom is 0.306 e. The number of rotatable bonds is 58. The van der Waals surface area contributed by atoms with Crippen LogP contribution in [0.3, 0.4) is 0 Å². The molecule has 1 saturated heterocycles. The molecule has 0 radical (unpaired) electrons. The Morgan fingerprint density at radius 2 is 0.821 bits per heavy atom. The number of carbonyl (C=O) groups excluding carboxylic acids is 2. The molecule has 0 aromatic heterocycles. The number of aliphatic hydroxyl groups is 5. The normalized spacial score (nSPS) is 19.1. The van der Waals surface area contributed by atoms with Crippen molar-refractivity contribution in [3.63, 3.8) is 0 Å². The van der Waals surface area contributed by atoms with Crippen LogP contribution >= 0.6 is 0 Å². The Kier molecular flexibility index (Phi) is 56.0. The van der Waals surface area contributed by atoms with Gasteiger partial charge >= 0.3 is 5.97 Å². The van der Waals surface area contributed by atoms with Crippen molar-refractivity contribution in [2.24, 2.45) is 0 Å². The second-order valence-electron chi connectivity index (χ2n) is 23.6. The molecule has 11 heteroatoms. The van der Waals surface area contributed by atoms with Crippen molar-refractivity contribution in [3.8, 4) is 0 Å². The zero-order chi connectivity index (χ0) is 61.0. The molecule has 8 atom stereocenters. The number of ether oxygens (including phenoxy) is 3. The van der Waals surface area contributed by atoms with E-state index in [1.165, 1.54) is 135 Å². The lowest BCUT2D eigenvalue weighted by molar-refractivity contribution is -0.305. The molecule has 11 nitrogen and oxygen atoms in total. The maximum atomic E-state index is 13.5. The third kappa shape index (κ3) is 46.8. The average molecular weight is 1180 g/mol. The highest BCUT2D eigenvalue weighted by Gasteiger charge is 2.47. The molecular formula is C73H127NO10. The van der Waals surface area contributed by atoms with Crippen LogP contribution in [0.4, 0.5) is 0 Å². The van der Waals surface area contributed by atoms with Gasteiger partial charge in [-0.1, -0.05) is 272 Å². The minimum Gasteiger partial charge on any atom is -0.454 e. The quantitative estimate of drug-likeness (QED) is 0.0195. The first kappa shape index (κ1) is 78.6. The van der Waals surface area contributed by atoms with Crippen LogP contribution < -0.4 is 5.32 Å². The number of amides is 1. The summed E-state index contributed by atoms with van der Waals surface area (Å²) in [7, 11) is 0. The van der Waals surface area contributed by atoms with Gasteiger partial charge in [-0.3, -0.25) is 9.59 Å². The van der Waals surface area contributed by atoms with Crippen molar-refractivity contribution < 1.29 is 49.3 Å². The van der Waals surface area contributed by atoms with Crippen molar-refractivity contribution in [1.82, 2.24) is 5.32 Å². The van der Waals surface area contributed by atoms with E-state index in [2.05, 4.69) is 111 Å². The van der Waals surface area contributed by atoms with E-state index < -0.39 is 67.4 Å². The zero-order valence-corrected chi connectivity index (χ0v) is 53.7. The molecule has 484 valence electrons. The number of aliphatic hydroxyl groups excluding tert-OH is 5. The van der Waals surface area contributed by atoms with E-state index in [9.17, 15) is 35.1 Å². The van der Waals surface area contributed by atoms with Crippen LogP contribution in [-0.4, -0.2) is 99.6 Å². The second kappa shape index (κ2) is 59.9. The van der Waals surface area contributed by atoms with Gasteiger partial charge in [0.1, 0.15) is 24.4 Å². The van der Waals surface area contributed by atoms with E-state index in [1.807, 2.05) is 6.08 Å². The van der Waals surface area contributed by atoms with Gasteiger partial charge in [0.15, 0.2) is 12.4 Å². The number of carbonyl (C=O) groups is 2. The summed E-state index contributed by atoms with van der Waals surface area (Å²) in [5.41, 5.74) is 0. The zero-order valence-electron chi connectivity index (χ0n) is 53.7. The number of esters is 1. The molecular weight excluding hydrogens is 1050 g/mol. The first-order chi connectivity index (χ1) is 41.2. The molecule has 1 aliphatic rings. The molecule has 6 N–H and O–H groups in total. The summed E-state index contributed by atoms with van der Waals surface area (Å²) >= 11 is 0. The van der Waals surface area contributed by atoms with Crippen molar-refractivity contribution in [2.45, 2.75) is 339 Å². The van der Waals surface area contributed by atoms with Crippen LogP contribution in [0.5, 0.6) is 0 Å². The fourth-order valence-electron chi connectivity index (χ4n) is 10.2. The summed E-state index contributed by atoms with van der Waals surface area (Å²) in [6, 6.07) is -1.04. The minimum atomic E-state index is -1.63. The Morgan fingerprint density at radius 1 is 0.464 bits per heavy atom. The third-order valence-corrected chi connectivity index (χ3v) is 15.7. The van der Waals surface area contributed by atoms with E-state index in [1.54, 1.807) is 6.08 Å². The molecule has 0 aliphatic carbocycles. The lowest BCUT2D eigenvalue weighted by Crippen LogP contribution is -2.61. The lowest BCUT2D eigenvalue weighted by Gasteiger charge is -2.41. The Hall–Kier alpha value is -3.42. The Morgan fingerprint density at radius 3 is 1.25 bits per heavy atom. The van der Waals surface area contributed by atoms with Gasteiger partial charge < -0.3 is 45.1 Å². The molecule has 1 amide bonds. The Labute approximate surface area is 514 Å². The highest BCUT2D eigenvalue weighted by atomic mass is 16.7. The molecule has 1 fully saturated rings. The first-order valence-electron chi connectivity index (χ1n) is 34.5. The third-order valence-electron chi connectivity index (χ3n) is 15.7. The van der Waals surface area contributed by atoms with Crippen molar-refractivity contribution in [2.75, 3.05) is 13.2 Å². The number of nitrogens with one attached hydrogen (secondary N) is 1. The van der Waals surface area contributed by atoms with Crippen LogP contribution in [0.15, 0.2) is 97.2 Å². The molecule has 1 aliphatic heterocycles. The molecule has 0 spiro atoms. The highest BCUT2D eigenvalue weighted by molar-refractivity contribution is 5.80. The van der Waals surface area contributed by atoms with E-state index in [-0.39, 0.29) is 19.4 Å². The van der Waals surface area contributed by atoms with Crippen LogP contribution in [0, 0.1) is 0 Å². The summed E-state index contributed by atoms with van der Waals surface area (Å²) in [4.78, 5) is 26.7. The predicted molar refractivity (Wildman–Crippen MR) is 352 cm³/mol. The van der Waals surface area contributed by atoms with Gasteiger partial charge in [0, 0.05) is 6.42 Å². The summed E-state index contributed by atoms with van der Waals surface area (Å²) in [6.07, 6.45) is 70.0. The van der Waals surface area contributed by atoms with Gasteiger partial charge in [-0.15, -0.1) is 0 Å². The van der Waals surface area contributed by atoms with Crippen molar-refractivity contribution in [3.05, 3.63) is 97.2 Å². The van der Waals surface area contributed by atoms with Gasteiger partial charge in [0.2, 0.25) is 5.91 Å². The van der Waals surface area contributed by atoms with Crippen LogP contribution in [0.1, 0.15) is 290 Å². The van der Waals surface area contributed by atoms with Gasteiger partial charge in [0.25, 0.3) is 0 Å². The first-order valence-corrected chi connectivity index (χ1v) is 34.5. The number of unbranched alkanes of at least 4 members (excludes halogenated alkanes) is 30. The van der Waals surface area contributed by atoms with Gasteiger partial charge in [0.05, 0.1) is 25.4 Å². The molecule has 84 heavy (non-hydrogen) atoms. The monoisotopic (exact) mass is 1180 g/mol. The predicted octanol–water partition coefficient (Wildman–Crippen LogP) is 17.5. The molecule has 0 aromatic rings. The van der Waals surface area contributed by atoms with E-state index in [0.29, 0.717) is 12.8 Å². The summed E-state index contributed by atoms with van der Waals surface area (Å²) < 4.78 is 17.7. The minimum absolute atomic E-state index is 0.0981. The smallest absolute Gasteiger partial charge is 0.306 e. The molecule has 0 bridgehead atoms. The van der Waals surface area contributed by atoms with Crippen LogP contribution in [-0.2, 0) is 23.8 Å². The summed E-state index contributed by atoms with van der Waals surface area (Å²) in [5, 5.41) is 57.2. The van der Waals surface area contributed by atoms with E-state index >= 15 is 0 Å². The fraction of sp³-hybridized carbons (Fsp3) is 0.753. The SMILES string of the molecule is CCCCC/C=C\C/C=C\C/C=C\C/C=C\CCCCCCCC(=O)OC1C(OCC(NC(=O)C(O)CCCCCCCCCCC/C=C\C/C=C\C/C=C\CCCCC)C(O)/C=C/CCCCCCCCCCCC)OC(CO)C(O)C1O. The number of allylic oxidation sites excluding steroid dienone is 15. The molecule has 1 heterocycles. The van der Waals surface area contributed by atoms with E-state index in [4.69, 9.17) is 14.2 Å². The fourth-order valence-corrected chi connectivity index (χ4v) is 10.2. The maximum absolute atomic E-state index is 13.5. The summed E-state index contributed by atoms with van der Waals surface area (Å²) in [5.74, 6) is -1.22. The molecule has 0 saturated carbocycles. The Balaban J connectivity index is 2.63. The average Bonchev–Trinajstić information content (AvgIpc) is 3.69. The Bertz CT molecular complexity index is 1740.